The van der Waals surface area contributed by atoms with Crippen molar-refractivity contribution in [2.24, 2.45) is 9.98 Å². The van der Waals surface area contributed by atoms with Crippen LogP contribution in [0.25, 0.3) is 0 Å². The van der Waals surface area contributed by atoms with Crippen molar-refractivity contribution in [3.63, 3.8) is 0 Å². The van der Waals surface area contributed by atoms with Crippen LogP contribution in [0.15, 0.2) is 33.4 Å². The third kappa shape index (κ3) is 5.81. The van der Waals surface area contributed by atoms with Gasteiger partial charge in [-0.05, 0) is 25.0 Å². The minimum Gasteiger partial charge on any atom is -0.332 e. The van der Waals surface area contributed by atoms with E-state index in [2.05, 4.69) is 15.4 Å². The Balaban J connectivity index is 2.18. The molecule has 1 aromatic rings. The van der Waals surface area contributed by atoms with Crippen LogP contribution in [0.1, 0.15) is 24.8 Å². The molecule has 1 fully saturated rings. The molecule has 17 heteroatoms. The number of hydrazine groups is 1. The number of nitrogens with zero attached hydrogens (tertiary/aromatic N) is 4. The van der Waals surface area contributed by atoms with E-state index in [0.717, 1.165) is 0 Å². The summed E-state index contributed by atoms with van der Waals surface area (Å²) in [6, 6.07) is 2.78. The Hall–Kier alpha value is -2.70. The first kappa shape index (κ1) is 27.9. The van der Waals surface area contributed by atoms with Crippen molar-refractivity contribution >= 4 is 40.6 Å². The molecule has 0 bridgehead atoms. The minimum absolute atomic E-state index is 0.114. The van der Waals surface area contributed by atoms with Gasteiger partial charge in [-0.2, -0.15) is 50.2 Å². The number of benzene rings is 1. The number of anilines is 1. The molecule has 0 saturated carbocycles. The zero-order chi connectivity index (χ0) is 27.1. The summed E-state index contributed by atoms with van der Waals surface area (Å²) >= 11 is 12.0. The molecule has 2 aliphatic heterocycles. The molecule has 196 valence electrons. The molecule has 1 aromatic carbocycles. The Morgan fingerprint density at radius 3 is 2.08 bits per heavy atom. The summed E-state index contributed by atoms with van der Waals surface area (Å²) in [5.74, 6) is -2.55. The topological polar surface area (TPSA) is 75.8 Å². The standard InChI is InChI=1S/C19H13Cl2F9N6/c20-9-6-8(17(22,23)24)7-10(21)12(9)36-15(32-5-3-1-2-4-31)11-13(18(25,26)27)33-16(19(28,29)30)34-14(11)35-36/h6-7,14,35H,1-3,5H2,(H,33,34). The fourth-order valence-electron chi connectivity index (χ4n) is 3.32. The highest BCUT2D eigenvalue weighted by molar-refractivity contribution is 6.40. The van der Waals surface area contributed by atoms with Crippen molar-refractivity contribution in [3.8, 4) is 6.07 Å². The molecule has 0 radical (unpaired) electrons. The largest absolute Gasteiger partial charge is 0.449 e. The molecular formula is C19H13Cl2F9N6. The number of nitriles is 1. The van der Waals surface area contributed by atoms with Crippen LogP contribution in [-0.2, 0) is 6.18 Å². The van der Waals surface area contributed by atoms with Gasteiger partial charge in [0.15, 0.2) is 5.84 Å². The van der Waals surface area contributed by atoms with Gasteiger partial charge in [-0.3, -0.25) is 10.0 Å². The second-order valence-electron chi connectivity index (χ2n) is 7.36. The number of rotatable bonds is 5. The Bertz CT molecular complexity index is 1140. The second kappa shape index (κ2) is 9.98. The van der Waals surface area contributed by atoms with Gasteiger partial charge in [0.05, 0.1) is 32.9 Å². The van der Waals surface area contributed by atoms with E-state index in [1.807, 2.05) is 6.07 Å². The molecule has 0 aliphatic carbocycles. The van der Waals surface area contributed by atoms with E-state index >= 15 is 0 Å². The number of aliphatic imine (C=N–C) groups is 2. The molecule has 0 aromatic heterocycles. The maximum absolute atomic E-state index is 13.8. The highest BCUT2D eigenvalue weighted by Crippen LogP contribution is 2.43. The zero-order valence-corrected chi connectivity index (χ0v) is 19.0. The van der Waals surface area contributed by atoms with Crippen LogP contribution < -0.4 is 15.8 Å². The van der Waals surface area contributed by atoms with Gasteiger partial charge in [0.1, 0.15) is 11.9 Å². The van der Waals surface area contributed by atoms with Crippen molar-refractivity contribution in [2.45, 2.75) is 44.0 Å². The predicted octanol–water partition coefficient (Wildman–Crippen LogP) is 6.14. The third-order valence-corrected chi connectivity index (χ3v) is 5.40. The lowest BCUT2D eigenvalue weighted by molar-refractivity contribution is -0.137. The maximum atomic E-state index is 13.8. The van der Waals surface area contributed by atoms with Crippen LogP contribution in [0.5, 0.6) is 0 Å². The maximum Gasteiger partial charge on any atom is 0.449 e. The average Bonchev–Trinajstić information content (AvgIpc) is 3.08. The van der Waals surface area contributed by atoms with Gasteiger partial charge >= 0.3 is 18.5 Å². The lowest BCUT2D eigenvalue weighted by atomic mass is 10.1. The Kier molecular flexibility index (Phi) is 7.73. The predicted molar refractivity (Wildman–Crippen MR) is 112 cm³/mol. The molecule has 2 aliphatic rings. The van der Waals surface area contributed by atoms with Gasteiger partial charge in [-0.15, -0.1) is 0 Å². The van der Waals surface area contributed by atoms with Crippen LogP contribution in [0.4, 0.5) is 45.2 Å². The summed E-state index contributed by atoms with van der Waals surface area (Å²) in [7, 11) is 0. The molecule has 1 unspecified atom stereocenters. The number of amidine groups is 2. The summed E-state index contributed by atoms with van der Waals surface area (Å²) < 4.78 is 121. The number of nitrogens with one attached hydrogen (secondary N) is 2. The lowest BCUT2D eigenvalue weighted by Gasteiger charge is -2.25. The molecule has 1 atom stereocenters. The van der Waals surface area contributed by atoms with Crippen LogP contribution in [0.2, 0.25) is 10.0 Å². The van der Waals surface area contributed by atoms with Gasteiger partial charge in [-0.25, -0.2) is 4.99 Å². The third-order valence-electron chi connectivity index (χ3n) is 4.83. The number of unbranched alkanes of at least 4 members (excludes halogenated alkanes) is 2. The molecule has 6 nitrogen and oxygen atoms in total. The van der Waals surface area contributed by atoms with Crippen LogP contribution in [0.3, 0.4) is 0 Å². The van der Waals surface area contributed by atoms with E-state index < -0.39 is 68.9 Å². The Morgan fingerprint density at radius 2 is 1.58 bits per heavy atom. The van der Waals surface area contributed by atoms with Crippen molar-refractivity contribution in [1.82, 2.24) is 10.7 Å². The first-order valence-electron chi connectivity index (χ1n) is 9.83. The summed E-state index contributed by atoms with van der Waals surface area (Å²) in [4.78, 5) is 7.28. The van der Waals surface area contributed by atoms with Crippen LogP contribution in [-0.4, -0.2) is 36.7 Å². The summed E-state index contributed by atoms with van der Waals surface area (Å²) in [6.07, 6.45) is -16.8. The number of halogens is 11. The highest BCUT2D eigenvalue weighted by Gasteiger charge is 2.52. The Labute approximate surface area is 207 Å². The van der Waals surface area contributed by atoms with Crippen molar-refractivity contribution in [3.05, 3.63) is 39.0 Å². The highest BCUT2D eigenvalue weighted by atomic mass is 35.5. The minimum atomic E-state index is -5.33. The fraction of sp³-hybridized carbons (Fsp3) is 0.421. The fourth-order valence-corrected chi connectivity index (χ4v) is 3.97. The van der Waals surface area contributed by atoms with E-state index in [4.69, 9.17) is 28.5 Å². The molecular weight excluding hydrogens is 554 g/mol. The summed E-state index contributed by atoms with van der Waals surface area (Å²) in [5.41, 5.74) is -2.13. The van der Waals surface area contributed by atoms with Crippen LogP contribution >= 0.6 is 23.2 Å². The smallest absolute Gasteiger partial charge is 0.332 e. The SMILES string of the molecule is N#CCCCCN=C1C2=C(C(F)(F)F)NC(C(F)(F)F)=NC2NN1c1c(Cl)cc(C(F)(F)F)cc1Cl. The number of fused-ring (bicyclic) bond motifs is 1. The number of hydrogen-bond acceptors (Lipinski definition) is 5. The van der Waals surface area contributed by atoms with E-state index in [0.29, 0.717) is 23.6 Å². The van der Waals surface area contributed by atoms with E-state index in [9.17, 15) is 39.5 Å². The number of alkyl halides is 9. The van der Waals surface area contributed by atoms with E-state index in [1.165, 1.54) is 5.32 Å². The zero-order valence-electron chi connectivity index (χ0n) is 17.5. The van der Waals surface area contributed by atoms with Crippen LogP contribution in [0, 0.1) is 11.3 Å². The average molecular weight is 567 g/mol. The first-order chi connectivity index (χ1) is 16.6. The van der Waals surface area contributed by atoms with Gasteiger partial charge in [0, 0.05) is 13.0 Å². The van der Waals surface area contributed by atoms with Crippen molar-refractivity contribution < 1.29 is 39.5 Å². The molecule has 1 saturated heterocycles. The quantitative estimate of drug-likeness (QED) is 0.332. The molecule has 36 heavy (non-hydrogen) atoms. The van der Waals surface area contributed by atoms with Crippen molar-refractivity contribution in [1.29, 1.82) is 5.26 Å². The monoisotopic (exact) mass is 566 g/mol. The Morgan fingerprint density at radius 1 is 0.972 bits per heavy atom. The lowest BCUT2D eigenvalue weighted by Crippen LogP contribution is -2.47. The first-order valence-corrected chi connectivity index (χ1v) is 10.6. The van der Waals surface area contributed by atoms with Crippen molar-refractivity contribution in [2.75, 3.05) is 11.6 Å². The normalized spacial score (nSPS) is 19.8. The summed E-state index contributed by atoms with van der Waals surface area (Å²) in [6.45, 7) is -0.178. The summed E-state index contributed by atoms with van der Waals surface area (Å²) in [5, 5.41) is 9.21. The van der Waals surface area contributed by atoms with Gasteiger partial charge < -0.3 is 5.32 Å². The van der Waals surface area contributed by atoms with Gasteiger partial charge in [-0.1, -0.05) is 23.2 Å². The molecule has 0 spiro atoms. The molecule has 3 rings (SSSR count). The van der Waals surface area contributed by atoms with E-state index in [-0.39, 0.29) is 19.4 Å². The number of hydrogen-bond donors (Lipinski definition) is 2. The van der Waals surface area contributed by atoms with E-state index in [1.54, 1.807) is 0 Å². The molecule has 2 N–H and O–H groups in total. The molecule has 0 amide bonds. The molecule has 2 heterocycles. The van der Waals surface area contributed by atoms with Gasteiger partial charge in [0.25, 0.3) is 0 Å². The van der Waals surface area contributed by atoms with Gasteiger partial charge in [0.2, 0.25) is 5.84 Å². The second-order valence-corrected chi connectivity index (χ2v) is 8.18. The number of allylic oxidation sites excluding steroid dienone is 1.